The number of rotatable bonds is 2. The minimum absolute atomic E-state index is 0.274. The summed E-state index contributed by atoms with van der Waals surface area (Å²) in [5, 5.41) is 5.21. The number of nitrogens with zero attached hydrogens (tertiary/aromatic N) is 1. The first-order valence-corrected chi connectivity index (χ1v) is 13.0. The third kappa shape index (κ3) is 2.64. The molecule has 6 aromatic carbocycles. The summed E-state index contributed by atoms with van der Waals surface area (Å²) in [6.07, 6.45) is 0. The van der Waals surface area contributed by atoms with Crippen LogP contribution in [0, 0.1) is 0 Å². The molecule has 1 aromatic heterocycles. The van der Waals surface area contributed by atoms with E-state index in [1.54, 1.807) is 0 Å². The van der Waals surface area contributed by atoms with E-state index in [1.807, 2.05) is 0 Å². The maximum atomic E-state index is 2.50. The largest absolute Gasteiger partial charge is 0.309 e. The van der Waals surface area contributed by atoms with Crippen LogP contribution in [-0.2, 0) is 5.41 Å². The molecule has 0 spiro atoms. The number of benzene rings is 6. The van der Waals surface area contributed by atoms with Gasteiger partial charge >= 0.3 is 0 Å². The van der Waals surface area contributed by atoms with Crippen LogP contribution < -0.4 is 0 Å². The zero-order valence-corrected chi connectivity index (χ0v) is 20.6. The number of hydrogen-bond acceptors (Lipinski definition) is 0. The first kappa shape index (κ1) is 20.6. The molecule has 1 heteroatoms. The summed E-state index contributed by atoms with van der Waals surface area (Å²) in [6.45, 7) is 2.41. The van der Waals surface area contributed by atoms with Crippen LogP contribution in [0.5, 0.6) is 0 Å². The molecule has 1 nitrogen and oxygen atoms in total. The zero-order chi connectivity index (χ0) is 24.6. The molecule has 1 heterocycles. The highest BCUT2D eigenvalue weighted by Gasteiger charge is 2.43. The minimum atomic E-state index is -0.274. The molecule has 0 aliphatic heterocycles. The van der Waals surface area contributed by atoms with Crippen molar-refractivity contribution in [2.45, 2.75) is 12.3 Å². The van der Waals surface area contributed by atoms with Gasteiger partial charge in [0.25, 0.3) is 0 Å². The van der Waals surface area contributed by atoms with Crippen LogP contribution >= 0.6 is 0 Å². The Labute approximate surface area is 216 Å². The molecule has 37 heavy (non-hydrogen) atoms. The molecule has 0 radical (unpaired) electrons. The van der Waals surface area contributed by atoms with Crippen molar-refractivity contribution in [3.63, 3.8) is 0 Å². The summed E-state index contributed by atoms with van der Waals surface area (Å²) in [5.41, 5.74) is 10.2. The van der Waals surface area contributed by atoms with Crippen LogP contribution in [0.25, 0.3) is 49.4 Å². The molecule has 7 aromatic rings. The Morgan fingerprint density at radius 1 is 0.541 bits per heavy atom. The topological polar surface area (TPSA) is 4.93 Å². The van der Waals surface area contributed by atoms with Gasteiger partial charge < -0.3 is 4.57 Å². The second-order valence-corrected chi connectivity index (χ2v) is 10.3. The van der Waals surface area contributed by atoms with Crippen LogP contribution in [0.4, 0.5) is 0 Å². The molecular weight excluding hydrogens is 446 g/mol. The average Bonchev–Trinajstić information content (AvgIpc) is 3.45. The van der Waals surface area contributed by atoms with E-state index < -0.39 is 0 Å². The number of aromatic nitrogens is 1. The highest BCUT2D eigenvalue weighted by atomic mass is 15.0. The van der Waals surface area contributed by atoms with Crippen molar-refractivity contribution >= 4 is 32.6 Å². The Kier molecular flexibility index (Phi) is 4.14. The van der Waals surface area contributed by atoms with E-state index in [2.05, 4.69) is 145 Å². The van der Waals surface area contributed by atoms with Gasteiger partial charge in [0.1, 0.15) is 0 Å². The second-order valence-electron chi connectivity index (χ2n) is 10.3. The molecule has 1 atom stereocenters. The molecule has 0 saturated carbocycles. The van der Waals surface area contributed by atoms with Crippen molar-refractivity contribution in [2.75, 3.05) is 0 Å². The van der Waals surface area contributed by atoms with E-state index in [1.165, 1.54) is 66.1 Å². The Balaban J connectivity index is 1.64. The van der Waals surface area contributed by atoms with Crippen LogP contribution in [0.2, 0.25) is 0 Å². The smallest absolute Gasteiger partial charge is 0.0591 e. The molecule has 0 fully saturated rings. The van der Waals surface area contributed by atoms with Gasteiger partial charge in [-0.2, -0.15) is 0 Å². The van der Waals surface area contributed by atoms with Gasteiger partial charge in [-0.25, -0.2) is 0 Å². The van der Waals surface area contributed by atoms with Crippen LogP contribution in [0.15, 0.2) is 133 Å². The van der Waals surface area contributed by atoms with E-state index in [0.717, 1.165) is 0 Å². The SMILES string of the molecule is CC1(c2ccccc2)c2ccccc2-c2ccc3c4c5ccccc5ccc4n(-c4ccccc4)c3c21. The fraction of sp³-hybridized carbons (Fsp3) is 0.0556. The van der Waals surface area contributed by atoms with Crippen molar-refractivity contribution in [2.24, 2.45) is 0 Å². The molecule has 1 aliphatic carbocycles. The highest BCUT2D eigenvalue weighted by molar-refractivity contribution is 6.23. The first-order valence-electron chi connectivity index (χ1n) is 13.0. The third-order valence-electron chi connectivity index (χ3n) is 8.44. The second kappa shape index (κ2) is 7.44. The summed E-state index contributed by atoms with van der Waals surface area (Å²) >= 11 is 0. The lowest BCUT2D eigenvalue weighted by Crippen LogP contribution is -2.23. The molecule has 174 valence electrons. The monoisotopic (exact) mass is 471 g/mol. The van der Waals surface area contributed by atoms with Gasteiger partial charge in [0.05, 0.1) is 11.0 Å². The maximum Gasteiger partial charge on any atom is 0.0591 e. The normalized spacial score (nSPS) is 16.4. The predicted molar refractivity (Wildman–Crippen MR) is 156 cm³/mol. The molecule has 0 amide bonds. The van der Waals surface area contributed by atoms with E-state index in [0.29, 0.717) is 0 Å². The zero-order valence-electron chi connectivity index (χ0n) is 20.6. The van der Waals surface area contributed by atoms with Gasteiger partial charge in [0.15, 0.2) is 0 Å². The highest BCUT2D eigenvalue weighted by Crippen LogP contribution is 2.56. The third-order valence-corrected chi connectivity index (χ3v) is 8.44. The summed E-state index contributed by atoms with van der Waals surface area (Å²) < 4.78 is 2.50. The van der Waals surface area contributed by atoms with E-state index in [4.69, 9.17) is 0 Å². The maximum absolute atomic E-state index is 2.50. The molecule has 0 N–H and O–H groups in total. The van der Waals surface area contributed by atoms with E-state index in [9.17, 15) is 0 Å². The Morgan fingerprint density at radius 2 is 1.24 bits per heavy atom. The number of para-hydroxylation sites is 1. The Morgan fingerprint density at radius 3 is 2.08 bits per heavy atom. The first-order chi connectivity index (χ1) is 18.3. The van der Waals surface area contributed by atoms with Gasteiger partial charge in [-0.15, -0.1) is 0 Å². The minimum Gasteiger partial charge on any atom is -0.309 e. The quantitative estimate of drug-likeness (QED) is 0.237. The van der Waals surface area contributed by atoms with Crippen molar-refractivity contribution in [1.29, 1.82) is 0 Å². The number of fused-ring (bicyclic) bond motifs is 9. The summed E-state index contributed by atoms with van der Waals surface area (Å²) in [7, 11) is 0. The molecule has 1 unspecified atom stereocenters. The van der Waals surface area contributed by atoms with Gasteiger partial charge in [-0.3, -0.25) is 0 Å². The van der Waals surface area contributed by atoms with Crippen LogP contribution in [0.3, 0.4) is 0 Å². The molecular formula is C36H25N. The summed E-state index contributed by atoms with van der Waals surface area (Å²) in [4.78, 5) is 0. The fourth-order valence-electron chi connectivity index (χ4n) is 6.81. The van der Waals surface area contributed by atoms with Gasteiger partial charge in [-0.05, 0) is 63.7 Å². The van der Waals surface area contributed by atoms with Gasteiger partial charge in [0, 0.05) is 21.9 Å². The molecule has 0 saturated heterocycles. The molecule has 1 aliphatic rings. The molecule has 0 bridgehead atoms. The average molecular weight is 472 g/mol. The molecule has 8 rings (SSSR count). The fourth-order valence-corrected chi connectivity index (χ4v) is 6.81. The van der Waals surface area contributed by atoms with Crippen LogP contribution in [0.1, 0.15) is 23.6 Å². The van der Waals surface area contributed by atoms with Crippen molar-refractivity contribution in [3.8, 4) is 16.8 Å². The van der Waals surface area contributed by atoms with E-state index >= 15 is 0 Å². The predicted octanol–water partition coefficient (Wildman–Crippen LogP) is 9.27. The lowest BCUT2D eigenvalue weighted by molar-refractivity contribution is 0.717. The van der Waals surface area contributed by atoms with Gasteiger partial charge in [-0.1, -0.05) is 115 Å². The van der Waals surface area contributed by atoms with Gasteiger partial charge in [0.2, 0.25) is 0 Å². The lowest BCUT2D eigenvalue weighted by Gasteiger charge is -2.29. The van der Waals surface area contributed by atoms with Crippen molar-refractivity contribution in [1.82, 2.24) is 4.57 Å². The summed E-state index contributed by atoms with van der Waals surface area (Å²) in [6, 6.07) is 48.9. The Hall–Kier alpha value is -4.62. The summed E-state index contributed by atoms with van der Waals surface area (Å²) in [5.74, 6) is 0. The number of hydrogen-bond donors (Lipinski definition) is 0. The van der Waals surface area contributed by atoms with Crippen molar-refractivity contribution in [3.05, 3.63) is 150 Å². The standard InChI is InChI=1S/C36H25N/c1-36(25-13-4-2-5-14-25)31-19-11-10-18-28(31)29-21-22-30-33-27-17-9-8-12-24(27)20-23-32(33)37(35(30)34(29)36)26-15-6-3-7-16-26/h2-23H,1H3. The lowest BCUT2D eigenvalue weighted by atomic mass is 9.73. The van der Waals surface area contributed by atoms with Crippen molar-refractivity contribution < 1.29 is 0 Å². The van der Waals surface area contributed by atoms with E-state index in [-0.39, 0.29) is 5.41 Å². The van der Waals surface area contributed by atoms with Crippen LogP contribution in [-0.4, -0.2) is 4.57 Å². The Bertz CT molecular complexity index is 1980.